The van der Waals surface area contributed by atoms with Gasteiger partial charge in [0.15, 0.2) is 5.65 Å². The number of carbonyl (C=O) groups is 1. The Morgan fingerprint density at radius 1 is 1.13 bits per heavy atom. The third kappa shape index (κ3) is 4.13. The number of nitrogens with zero attached hydrogens (tertiary/aromatic N) is 5. The lowest BCUT2D eigenvalue weighted by Crippen LogP contribution is -2.31. The van der Waals surface area contributed by atoms with Gasteiger partial charge in [-0.05, 0) is 42.5 Å². The first-order chi connectivity index (χ1) is 14.7. The van der Waals surface area contributed by atoms with Crippen LogP contribution in [0.4, 0.5) is 29.3 Å². The Kier molecular flexibility index (Phi) is 5.21. The number of urea groups is 1. The summed E-state index contributed by atoms with van der Waals surface area (Å²) < 4.78 is 40.6. The van der Waals surface area contributed by atoms with E-state index in [-0.39, 0.29) is 16.4 Å². The molecular weight excluding hydrogens is 437 g/mol. The van der Waals surface area contributed by atoms with Gasteiger partial charge in [0.25, 0.3) is 0 Å². The van der Waals surface area contributed by atoms with Gasteiger partial charge in [0.05, 0.1) is 22.5 Å². The van der Waals surface area contributed by atoms with Crippen molar-refractivity contribution in [2.24, 2.45) is 0 Å². The highest BCUT2D eigenvalue weighted by Crippen LogP contribution is 2.36. The summed E-state index contributed by atoms with van der Waals surface area (Å²) in [6.07, 6.45) is -0.161. The maximum atomic E-state index is 13.0. The molecule has 8 nitrogen and oxygen atoms in total. The highest BCUT2D eigenvalue weighted by atomic mass is 35.5. The summed E-state index contributed by atoms with van der Waals surface area (Å²) in [7, 11) is 0. The third-order valence-corrected chi connectivity index (χ3v) is 4.65. The molecule has 12 heteroatoms. The van der Waals surface area contributed by atoms with Crippen LogP contribution in [-0.2, 0) is 6.18 Å². The molecule has 2 heterocycles. The normalized spacial score (nSPS) is 11.5. The Labute approximate surface area is 177 Å². The van der Waals surface area contributed by atoms with E-state index >= 15 is 0 Å². The monoisotopic (exact) mass is 448 g/mol. The molecule has 0 aliphatic rings. The number of alkyl halides is 3. The van der Waals surface area contributed by atoms with Crippen LogP contribution in [0.2, 0.25) is 5.02 Å². The topological polar surface area (TPSA) is 96.2 Å². The van der Waals surface area contributed by atoms with E-state index in [0.717, 1.165) is 6.07 Å². The summed E-state index contributed by atoms with van der Waals surface area (Å²) in [5.41, 5.74) is 0.648. The van der Waals surface area contributed by atoms with Crippen molar-refractivity contribution in [3.63, 3.8) is 0 Å². The molecule has 0 atom stereocenters. The molecule has 2 aromatic carbocycles. The highest BCUT2D eigenvalue weighted by molar-refractivity contribution is 6.31. The minimum absolute atomic E-state index is 0.0897. The Morgan fingerprint density at radius 2 is 1.87 bits per heavy atom. The maximum Gasteiger partial charge on any atom is 0.417 e. The van der Waals surface area contributed by atoms with Gasteiger partial charge in [-0.15, -0.1) is 0 Å². The van der Waals surface area contributed by atoms with E-state index in [9.17, 15) is 23.2 Å². The van der Waals surface area contributed by atoms with Gasteiger partial charge < -0.3 is 5.32 Å². The summed E-state index contributed by atoms with van der Waals surface area (Å²) in [6.45, 7) is 0. The maximum absolute atomic E-state index is 13.0. The average Bonchev–Trinajstić information content (AvgIpc) is 3.18. The number of rotatable bonds is 3. The number of anilines is 2. The predicted molar refractivity (Wildman–Crippen MR) is 106 cm³/mol. The van der Waals surface area contributed by atoms with Gasteiger partial charge in [0.2, 0.25) is 0 Å². The van der Waals surface area contributed by atoms with Crippen molar-refractivity contribution >= 4 is 40.2 Å². The smallest absolute Gasteiger partial charge is 0.306 e. The van der Waals surface area contributed by atoms with Crippen molar-refractivity contribution < 1.29 is 23.2 Å². The molecule has 0 aliphatic carbocycles. The number of amides is 2. The fourth-order valence-corrected chi connectivity index (χ4v) is 3.06. The van der Waals surface area contributed by atoms with E-state index < -0.39 is 22.8 Å². The van der Waals surface area contributed by atoms with Crippen molar-refractivity contribution in [1.82, 2.24) is 19.5 Å². The summed E-state index contributed by atoms with van der Waals surface area (Å²) in [5.74, 6) is 0. The van der Waals surface area contributed by atoms with Crippen LogP contribution in [0.25, 0.3) is 16.9 Å². The second kappa shape index (κ2) is 7.85. The molecule has 0 fully saturated rings. The molecule has 2 aromatic heterocycles. The van der Waals surface area contributed by atoms with Crippen molar-refractivity contribution in [2.75, 3.05) is 10.4 Å². The number of hydrogen-bond donors (Lipinski definition) is 2. The summed E-state index contributed by atoms with van der Waals surface area (Å²) in [5, 5.41) is 12.1. The van der Waals surface area contributed by atoms with Crippen molar-refractivity contribution in [3.05, 3.63) is 71.9 Å². The molecule has 31 heavy (non-hydrogen) atoms. The highest BCUT2D eigenvalue weighted by Gasteiger charge is 2.33. The molecule has 0 radical (unpaired) electrons. The van der Waals surface area contributed by atoms with Crippen LogP contribution in [0.15, 0.2) is 61.3 Å². The zero-order chi connectivity index (χ0) is 22.2. The van der Waals surface area contributed by atoms with Crippen molar-refractivity contribution in [3.8, 4) is 5.69 Å². The second-order valence-electron chi connectivity index (χ2n) is 6.30. The van der Waals surface area contributed by atoms with Crippen molar-refractivity contribution in [2.45, 2.75) is 6.18 Å². The van der Waals surface area contributed by atoms with Gasteiger partial charge in [-0.25, -0.2) is 19.7 Å². The number of benzene rings is 2. The Bertz CT molecular complexity index is 1260. The van der Waals surface area contributed by atoms with E-state index in [4.69, 9.17) is 11.6 Å². The molecule has 158 valence electrons. The number of carbonyl (C=O) groups excluding carboxylic acids is 1. The Balaban J connectivity index is 1.52. The quantitative estimate of drug-likeness (QED) is 0.343. The van der Waals surface area contributed by atoms with Crippen LogP contribution >= 0.6 is 11.6 Å². The third-order valence-electron chi connectivity index (χ3n) is 4.32. The van der Waals surface area contributed by atoms with Gasteiger partial charge >= 0.3 is 12.2 Å². The molecule has 0 spiro atoms. The lowest BCUT2D eigenvalue weighted by atomic mass is 10.2. The molecular formula is C19H12ClF3N6O2. The van der Waals surface area contributed by atoms with Gasteiger partial charge in [0.1, 0.15) is 18.2 Å². The first-order valence-electron chi connectivity index (χ1n) is 8.64. The van der Waals surface area contributed by atoms with E-state index in [0.29, 0.717) is 22.9 Å². The molecule has 4 aromatic rings. The van der Waals surface area contributed by atoms with Gasteiger partial charge in [0, 0.05) is 11.4 Å². The Morgan fingerprint density at radius 3 is 2.58 bits per heavy atom. The van der Waals surface area contributed by atoms with Crippen LogP contribution in [0, 0.1) is 0 Å². The van der Waals surface area contributed by atoms with Crippen molar-refractivity contribution in [1.29, 1.82) is 0 Å². The number of imidazole rings is 1. The van der Waals surface area contributed by atoms with E-state index in [1.54, 1.807) is 29.2 Å². The van der Waals surface area contributed by atoms with Crippen LogP contribution in [0.5, 0.6) is 0 Å². The molecule has 2 amide bonds. The molecule has 0 aliphatic heterocycles. The summed E-state index contributed by atoms with van der Waals surface area (Å²) in [6, 6.07) is 7.97. The number of aromatic nitrogens is 4. The molecule has 0 saturated carbocycles. The van der Waals surface area contributed by atoms with Crippen LogP contribution in [0.1, 0.15) is 5.56 Å². The predicted octanol–water partition coefficient (Wildman–Crippen LogP) is 4.92. The standard InChI is InChI=1S/C19H12ClF3N6O2/c20-15-6-1-11(7-14(15)19(21,22)23)27-18(30)29(31)13-4-2-12(3-5-13)28-10-26-17-16(28)8-24-9-25-17/h1-10,31H,(H,27,30). The van der Waals surface area contributed by atoms with Gasteiger partial charge in [-0.3, -0.25) is 9.77 Å². The Hall–Kier alpha value is -3.70. The summed E-state index contributed by atoms with van der Waals surface area (Å²) in [4.78, 5) is 24.4. The first kappa shape index (κ1) is 20.6. The van der Waals surface area contributed by atoms with E-state index in [1.165, 1.54) is 24.5 Å². The SMILES string of the molecule is O=C(Nc1ccc(Cl)c(C(F)(F)F)c1)N(O)c1ccc(-n2cnc3ncncc32)cc1. The molecule has 0 unspecified atom stereocenters. The minimum atomic E-state index is -4.69. The average molecular weight is 449 g/mol. The zero-order valence-corrected chi connectivity index (χ0v) is 16.1. The van der Waals surface area contributed by atoms with E-state index in [1.807, 2.05) is 0 Å². The fourth-order valence-electron chi connectivity index (χ4n) is 2.83. The molecule has 0 saturated heterocycles. The zero-order valence-electron chi connectivity index (χ0n) is 15.4. The number of hydrogen-bond acceptors (Lipinski definition) is 5. The lowest BCUT2D eigenvalue weighted by molar-refractivity contribution is -0.137. The van der Waals surface area contributed by atoms with Gasteiger partial charge in [-0.2, -0.15) is 18.2 Å². The minimum Gasteiger partial charge on any atom is -0.306 e. The molecule has 4 rings (SSSR count). The van der Waals surface area contributed by atoms with Crippen LogP contribution in [-0.4, -0.2) is 30.8 Å². The van der Waals surface area contributed by atoms with E-state index in [2.05, 4.69) is 20.3 Å². The van der Waals surface area contributed by atoms with Gasteiger partial charge in [-0.1, -0.05) is 11.6 Å². The first-order valence-corrected chi connectivity index (χ1v) is 9.02. The summed E-state index contributed by atoms with van der Waals surface area (Å²) >= 11 is 5.56. The fraction of sp³-hybridized carbons (Fsp3) is 0.0526. The van der Waals surface area contributed by atoms with Crippen LogP contribution in [0.3, 0.4) is 0 Å². The second-order valence-corrected chi connectivity index (χ2v) is 6.70. The number of nitrogens with one attached hydrogen (secondary N) is 1. The molecule has 2 N–H and O–H groups in total. The van der Waals surface area contributed by atoms with Crippen LogP contribution < -0.4 is 10.4 Å². The lowest BCUT2D eigenvalue weighted by Gasteiger charge is -2.17. The number of halogens is 4. The number of hydroxylamine groups is 1. The largest absolute Gasteiger partial charge is 0.417 e. The molecule has 0 bridgehead atoms. The number of fused-ring (bicyclic) bond motifs is 1.